The summed E-state index contributed by atoms with van der Waals surface area (Å²) < 4.78 is 41.3. The minimum Gasteiger partial charge on any atom is -0.324 e. The second-order valence-electron chi connectivity index (χ2n) is 8.29. The van der Waals surface area contributed by atoms with Crippen LogP contribution in [-0.2, 0) is 21.4 Å². The first-order chi connectivity index (χ1) is 18.1. The summed E-state index contributed by atoms with van der Waals surface area (Å²) in [6.45, 7) is -0.779. The predicted molar refractivity (Wildman–Crippen MR) is 145 cm³/mol. The molecule has 0 spiro atoms. The maximum atomic E-state index is 13.5. The maximum Gasteiger partial charge on any atom is 0.243 e. The molecule has 0 fully saturated rings. The molecule has 1 N–H and O–H groups in total. The molecule has 4 aromatic carbocycles. The Balaban J connectivity index is 1.63. The van der Waals surface area contributed by atoms with Crippen LogP contribution in [0, 0.1) is 5.82 Å². The topological polar surface area (TPSA) is 83.6 Å². The van der Waals surface area contributed by atoms with Crippen LogP contribution >= 0.6 is 23.2 Å². The van der Waals surface area contributed by atoms with Crippen molar-refractivity contribution in [2.75, 3.05) is 11.9 Å². The predicted octanol–water partition coefficient (Wildman–Crippen LogP) is 6.19. The largest absolute Gasteiger partial charge is 0.324 e. The van der Waals surface area contributed by atoms with Gasteiger partial charge in [0, 0.05) is 27.7 Å². The average Bonchev–Trinajstić information content (AvgIpc) is 2.91. The number of amides is 1. The van der Waals surface area contributed by atoms with E-state index in [-0.39, 0.29) is 28.5 Å². The van der Waals surface area contributed by atoms with Crippen LogP contribution in [0.25, 0.3) is 0 Å². The number of ketones is 1. The number of carbonyl (C=O) groups is 2. The monoisotopic (exact) mass is 570 g/mol. The van der Waals surface area contributed by atoms with Crippen molar-refractivity contribution in [3.05, 3.63) is 130 Å². The number of rotatable bonds is 9. The Morgan fingerprint density at radius 2 is 1.45 bits per heavy atom. The fourth-order valence-corrected chi connectivity index (χ4v) is 5.37. The highest BCUT2D eigenvalue weighted by molar-refractivity contribution is 7.89. The van der Waals surface area contributed by atoms with Gasteiger partial charge in [-0.25, -0.2) is 12.8 Å². The normalized spacial score (nSPS) is 11.4. The number of sulfonamides is 1. The maximum absolute atomic E-state index is 13.5. The smallest absolute Gasteiger partial charge is 0.243 e. The second-order valence-corrected chi connectivity index (χ2v) is 11.1. The Labute approximate surface area is 229 Å². The molecule has 0 atom stereocenters. The third kappa shape index (κ3) is 6.65. The standard InChI is InChI=1S/C28H21Cl2FN2O4S/c29-21-8-13-24(14-9-21)38(36,37)33(17-19-6-11-23(31)12-7-19)18-27(34)32-26-15-10-22(30)16-25(26)28(35)20-4-2-1-3-5-20/h1-16H,17-18H2,(H,32,34). The summed E-state index contributed by atoms with van der Waals surface area (Å²) in [7, 11) is -4.16. The number of nitrogens with one attached hydrogen (secondary N) is 1. The zero-order chi connectivity index (χ0) is 27.3. The lowest BCUT2D eigenvalue weighted by Gasteiger charge is -2.22. The first-order valence-corrected chi connectivity index (χ1v) is 13.5. The van der Waals surface area contributed by atoms with E-state index in [1.54, 1.807) is 30.3 Å². The summed E-state index contributed by atoms with van der Waals surface area (Å²) in [4.78, 5) is 26.2. The highest BCUT2D eigenvalue weighted by Gasteiger charge is 2.28. The molecule has 0 bridgehead atoms. The van der Waals surface area contributed by atoms with E-state index >= 15 is 0 Å². The van der Waals surface area contributed by atoms with Gasteiger partial charge in [0.15, 0.2) is 5.78 Å². The first kappa shape index (κ1) is 27.5. The average molecular weight is 571 g/mol. The summed E-state index contributed by atoms with van der Waals surface area (Å²) in [6.07, 6.45) is 0. The molecule has 10 heteroatoms. The van der Waals surface area contributed by atoms with Crippen LogP contribution in [-0.4, -0.2) is 31.0 Å². The molecule has 0 saturated heterocycles. The van der Waals surface area contributed by atoms with Crippen molar-refractivity contribution in [1.29, 1.82) is 0 Å². The van der Waals surface area contributed by atoms with Gasteiger partial charge in [0.2, 0.25) is 15.9 Å². The van der Waals surface area contributed by atoms with E-state index in [2.05, 4.69) is 5.32 Å². The lowest BCUT2D eigenvalue weighted by Crippen LogP contribution is -2.37. The van der Waals surface area contributed by atoms with Crippen LogP contribution in [0.5, 0.6) is 0 Å². The van der Waals surface area contributed by atoms with Gasteiger partial charge in [-0.15, -0.1) is 0 Å². The minimum atomic E-state index is -4.16. The van der Waals surface area contributed by atoms with Gasteiger partial charge in [0.1, 0.15) is 5.82 Å². The molecule has 194 valence electrons. The molecular weight excluding hydrogens is 550 g/mol. The van der Waals surface area contributed by atoms with Crippen LogP contribution in [0.4, 0.5) is 10.1 Å². The number of hydrogen-bond acceptors (Lipinski definition) is 4. The Morgan fingerprint density at radius 1 is 0.816 bits per heavy atom. The van der Waals surface area contributed by atoms with Crippen molar-refractivity contribution in [2.24, 2.45) is 0 Å². The quantitative estimate of drug-likeness (QED) is 0.243. The van der Waals surface area contributed by atoms with Gasteiger partial charge in [-0.3, -0.25) is 9.59 Å². The van der Waals surface area contributed by atoms with Crippen LogP contribution < -0.4 is 5.32 Å². The van der Waals surface area contributed by atoms with Crippen LogP contribution in [0.1, 0.15) is 21.5 Å². The molecule has 4 rings (SSSR count). The third-order valence-corrected chi connectivity index (χ3v) is 7.87. The summed E-state index contributed by atoms with van der Waals surface area (Å²) in [5.74, 6) is -1.52. The zero-order valence-corrected chi connectivity index (χ0v) is 22.1. The fourth-order valence-electron chi connectivity index (χ4n) is 3.68. The van der Waals surface area contributed by atoms with Crippen LogP contribution in [0.3, 0.4) is 0 Å². The Morgan fingerprint density at radius 3 is 2.11 bits per heavy atom. The lowest BCUT2D eigenvalue weighted by atomic mass is 10.0. The fraction of sp³-hybridized carbons (Fsp3) is 0.0714. The van der Waals surface area contributed by atoms with Crippen molar-refractivity contribution >= 4 is 50.6 Å². The molecule has 0 aromatic heterocycles. The summed E-state index contributed by atoms with van der Waals surface area (Å²) in [5.41, 5.74) is 1.21. The van der Waals surface area contributed by atoms with E-state index in [1.807, 2.05) is 0 Å². The number of halogens is 3. The van der Waals surface area contributed by atoms with Gasteiger partial charge in [0.25, 0.3) is 0 Å². The number of nitrogens with zero attached hydrogens (tertiary/aromatic N) is 1. The molecule has 0 heterocycles. The van der Waals surface area contributed by atoms with Gasteiger partial charge in [-0.1, -0.05) is 65.7 Å². The number of hydrogen-bond donors (Lipinski definition) is 1. The van der Waals surface area contributed by atoms with E-state index in [1.165, 1.54) is 66.7 Å². The molecule has 4 aromatic rings. The van der Waals surface area contributed by atoms with Crippen molar-refractivity contribution < 1.29 is 22.4 Å². The van der Waals surface area contributed by atoms with Crippen molar-refractivity contribution in [3.63, 3.8) is 0 Å². The second kappa shape index (κ2) is 11.9. The molecule has 0 aliphatic carbocycles. The minimum absolute atomic E-state index is 0.0664. The molecule has 0 saturated carbocycles. The zero-order valence-electron chi connectivity index (χ0n) is 19.8. The number of carbonyl (C=O) groups excluding carboxylic acids is 2. The Kier molecular flexibility index (Phi) is 8.58. The summed E-state index contributed by atoms with van der Waals surface area (Å²) in [5, 5.41) is 3.29. The SMILES string of the molecule is O=C(CN(Cc1ccc(F)cc1)S(=O)(=O)c1ccc(Cl)cc1)Nc1ccc(Cl)cc1C(=O)c1ccccc1. The number of benzene rings is 4. The molecular formula is C28H21Cl2FN2O4S. The van der Waals surface area contributed by atoms with Crippen molar-refractivity contribution in [1.82, 2.24) is 4.31 Å². The highest BCUT2D eigenvalue weighted by Crippen LogP contribution is 2.25. The molecule has 6 nitrogen and oxygen atoms in total. The van der Waals surface area contributed by atoms with Crippen LogP contribution in [0.15, 0.2) is 102 Å². The van der Waals surface area contributed by atoms with E-state index in [0.717, 1.165) is 4.31 Å². The van der Waals surface area contributed by atoms with E-state index in [0.29, 0.717) is 21.2 Å². The van der Waals surface area contributed by atoms with Gasteiger partial charge in [-0.2, -0.15) is 4.31 Å². The molecule has 38 heavy (non-hydrogen) atoms. The van der Waals surface area contributed by atoms with E-state index in [4.69, 9.17) is 23.2 Å². The summed E-state index contributed by atoms with van der Waals surface area (Å²) in [6, 6.07) is 23.7. The molecule has 0 aliphatic heterocycles. The van der Waals surface area contributed by atoms with Gasteiger partial charge in [0.05, 0.1) is 17.1 Å². The number of anilines is 1. The van der Waals surface area contributed by atoms with Crippen molar-refractivity contribution in [2.45, 2.75) is 11.4 Å². The molecule has 1 amide bonds. The lowest BCUT2D eigenvalue weighted by molar-refractivity contribution is -0.116. The van der Waals surface area contributed by atoms with E-state index in [9.17, 15) is 22.4 Å². The first-order valence-electron chi connectivity index (χ1n) is 11.3. The van der Waals surface area contributed by atoms with Crippen LogP contribution in [0.2, 0.25) is 10.0 Å². The molecule has 0 aliphatic rings. The highest BCUT2D eigenvalue weighted by atomic mass is 35.5. The van der Waals surface area contributed by atoms with E-state index < -0.39 is 28.3 Å². The molecule has 0 unspecified atom stereocenters. The third-order valence-electron chi connectivity index (χ3n) is 5.58. The van der Waals surface area contributed by atoms with Gasteiger partial charge in [-0.05, 0) is 60.2 Å². The molecule has 0 radical (unpaired) electrons. The Hall–Kier alpha value is -3.56. The summed E-state index contributed by atoms with van der Waals surface area (Å²) >= 11 is 12.0. The van der Waals surface area contributed by atoms with Gasteiger partial charge >= 0.3 is 0 Å². The van der Waals surface area contributed by atoms with Crippen molar-refractivity contribution in [3.8, 4) is 0 Å². The van der Waals surface area contributed by atoms with Gasteiger partial charge < -0.3 is 5.32 Å². The Bertz CT molecular complexity index is 1560.